The maximum Gasteiger partial charge on any atom is 0.186 e. The van der Waals surface area contributed by atoms with Gasteiger partial charge in [-0.1, -0.05) is 12.1 Å². The molecular formula is C19H26O5. The lowest BCUT2D eigenvalue weighted by Gasteiger charge is -2.07. The average molecular weight is 334 g/mol. The van der Waals surface area contributed by atoms with Crippen molar-refractivity contribution >= 4 is 0 Å². The Morgan fingerprint density at radius 1 is 0.833 bits per heavy atom. The van der Waals surface area contributed by atoms with Crippen LogP contribution in [0.4, 0.5) is 0 Å². The van der Waals surface area contributed by atoms with Crippen molar-refractivity contribution < 1.29 is 24.1 Å². The van der Waals surface area contributed by atoms with Gasteiger partial charge in [0.15, 0.2) is 6.79 Å². The lowest BCUT2D eigenvalue weighted by atomic mass is 10.2. The van der Waals surface area contributed by atoms with Gasteiger partial charge in [0.1, 0.15) is 23.0 Å². The number of rotatable bonds is 7. The van der Waals surface area contributed by atoms with Crippen molar-refractivity contribution in [2.45, 2.75) is 20.8 Å². The Morgan fingerprint density at radius 2 is 1.46 bits per heavy atom. The van der Waals surface area contributed by atoms with Crippen LogP contribution < -0.4 is 18.9 Å². The monoisotopic (exact) mass is 334 g/mol. The molecule has 1 N–H and O–H groups in total. The maximum absolute atomic E-state index is 8.54. The van der Waals surface area contributed by atoms with Crippen LogP contribution in [0.2, 0.25) is 0 Å². The van der Waals surface area contributed by atoms with Gasteiger partial charge in [0.2, 0.25) is 0 Å². The van der Waals surface area contributed by atoms with Crippen molar-refractivity contribution in [2.24, 2.45) is 0 Å². The van der Waals surface area contributed by atoms with Gasteiger partial charge in [-0.3, -0.25) is 0 Å². The summed E-state index contributed by atoms with van der Waals surface area (Å²) in [5, 5.41) is 8.54. The van der Waals surface area contributed by atoms with E-state index in [2.05, 4.69) is 0 Å². The van der Waals surface area contributed by atoms with E-state index in [0.717, 1.165) is 22.8 Å². The standard InChI is InChI=1S/C10H14O2.C9H12O3/c1-3-11-9-6-5-7-10(8-9)12-4-2;1-7-3-4-8(11-2)5-9(7)12-6-10/h5-8H,3-4H2,1-2H3;3-5,10H,6H2,1-2H3. The van der Waals surface area contributed by atoms with Crippen LogP contribution in [0.1, 0.15) is 19.4 Å². The van der Waals surface area contributed by atoms with E-state index < -0.39 is 0 Å². The molecule has 0 spiro atoms. The van der Waals surface area contributed by atoms with Crippen molar-refractivity contribution in [1.29, 1.82) is 0 Å². The van der Waals surface area contributed by atoms with Gasteiger partial charge in [0.25, 0.3) is 0 Å². The Morgan fingerprint density at radius 3 is 1.96 bits per heavy atom. The number of methoxy groups -OCH3 is 1. The lowest BCUT2D eigenvalue weighted by Crippen LogP contribution is -1.96. The number of hydrogen-bond donors (Lipinski definition) is 1. The van der Waals surface area contributed by atoms with Crippen LogP contribution >= 0.6 is 0 Å². The summed E-state index contributed by atoms with van der Waals surface area (Å²) in [5.74, 6) is 3.10. The topological polar surface area (TPSA) is 57.2 Å². The van der Waals surface area contributed by atoms with Crippen LogP contribution in [0, 0.1) is 6.92 Å². The highest BCUT2D eigenvalue weighted by Gasteiger charge is 2.00. The molecule has 0 heterocycles. The summed E-state index contributed by atoms with van der Waals surface area (Å²) < 4.78 is 20.6. The van der Waals surface area contributed by atoms with Gasteiger partial charge >= 0.3 is 0 Å². The number of aryl methyl sites for hydroxylation is 1. The van der Waals surface area contributed by atoms with E-state index in [1.54, 1.807) is 13.2 Å². The third-order valence-corrected chi connectivity index (χ3v) is 3.04. The molecule has 0 saturated carbocycles. The minimum Gasteiger partial charge on any atom is -0.497 e. The molecule has 0 aliphatic heterocycles. The molecule has 5 nitrogen and oxygen atoms in total. The lowest BCUT2D eigenvalue weighted by molar-refractivity contribution is 0.0976. The molecule has 0 radical (unpaired) electrons. The zero-order valence-corrected chi connectivity index (χ0v) is 14.7. The molecule has 24 heavy (non-hydrogen) atoms. The van der Waals surface area contributed by atoms with Crippen LogP contribution in [0.25, 0.3) is 0 Å². The summed E-state index contributed by atoms with van der Waals surface area (Å²) in [6, 6.07) is 13.1. The van der Waals surface area contributed by atoms with Gasteiger partial charge in [-0.2, -0.15) is 0 Å². The fourth-order valence-electron chi connectivity index (χ4n) is 1.92. The molecule has 0 bridgehead atoms. The van der Waals surface area contributed by atoms with Crippen LogP contribution in [0.3, 0.4) is 0 Å². The summed E-state index contributed by atoms with van der Waals surface area (Å²) >= 11 is 0. The predicted octanol–water partition coefficient (Wildman–Crippen LogP) is 3.82. The van der Waals surface area contributed by atoms with E-state index in [1.165, 1.54) is 0 Å². The Balaban J connectivity index is 0.000000240. The van der Waals surface area contributed by atoms with Crippen LogP contribution in [-0.4, -0.2) is 32.2 Å². The molecule has 2 aromatic carbocycles. The first-order chi connectivity index (χ1) is 11.6. The molecule has 2 rings (SSSR count). The van der Waals surface area contributed by atoms with E-state index in [-0.39, 0.29) is 6.79 Å². The smallest absolute Gasteiger partial charge is 0.186 e. The van der Waals surface area contributed by atoms with Crippen molar-refractivity contribution in [3.05, 3.63) is 48.0 Å². The number of benzene rings is 2. The van der Waals surface area contributed by atoms with Gasteiger partial charge in [-0.25, -0.2) is 0 Å². The second-order valence-electron chi connectivity index (χ2n) is 4.75. The van der Waals surface area contributed by atoms with E-state index >= 15 is 0 Å². The van der Waals surface area contributed by atoms with E-state index in [9.17, 15) is 0 Å². The fraction of sp³-hybridized carbons (Fsp3) is 0.368. The SMILES string of the molecule is CCOc1cccc(OCC)c1.COc1ccc(C)c(OCO)c1. The Hall–Kier alpha value is -2.40. The minimum absolute atomic E-state index is 0.312. The summed E-state index contributed by atoms with van der Waals surface area (Å²) in [5.41, 5.74) is 0.977. The highest BCUT2D eigenvalue weighted by Crippen LogP contribution is 2.23. The molecule has 0 unspecified atom stereocenters. The Kier molecular flexibility index (Phi) is 9.16. The third kappa shape index (κ3) is 6.79. The normalized spacial score (nSPS) is 9.54. The quantitative estimate of drug-likeness (QED) is 0.780. The molecular weight excluding hydrogens is 308 g/mol. The summed E-state index contributed by atoms with van der Waals surface area (Å²) in [6.45, 7) is 6.91. The molecule has 132 valence electrons. The molecule has 2 aromatic rings. The minimum atomic E-state index is -0.312. The highest BCUT2D eigenvalue weighted by atomic mass is 16.6. The molecule has 0 aliphatic carbocycles. The Labute approximate surface area is 143 Å². The molecule has 0 aliphatic rings. The van der Waals surface area contributed by atoms with Gasteiger partial charge < -0.3 is 24.1 Å². The zero-order chi connectivity index (χ0) is 17.8. The van der Waals surface area contributed by atoms with Gasteiger partial charge in [-0.05, 0) is 44.5 Å². The number of aliphatic hydroxyl groups is 1. The molecule has 0 aromatic heterocycles. The number of aliphatic hydroxyl groups excluding tert-OH is 1. The molecule has 0 amide bonds. The number of ether oxygens (including phenoxy) is 4. The average Bonchev–Trinajstić information content (AvgIpc) is 2.59. The third-order valence-electron chi connectivity index (χ3n) is 3.04. The van der Waals surface area contributed by atoms with Crippen LogP contribution in [0.15, 0.2) is 42.5 Å². The van der Waals surface area contributed by atoms with Gasteiger partial charge in [0.05, 0.1) is 20.3 Å². The molecule has 0 fully saturated rings. The fourth-order valence-corrected chi connectivity index (χ4v) is 1.92. The maximum atomic E-state index is 8.54. The van der Waals surface area contributed by atoms with Crippen molar-refractivity contribution in [3.8, 4) is 23.0 Å². The van der Waals surface area contributed by atoms with E-state index in [0.29, 0.717) is 19.0 Å². The number of hydrogen-bond acceptors (Lipinski definition) is 5. The second kappa shape index (κ2) is 11.2. The van der Waals surface area contributed by atoms with Crippen LogP contribution in [0.5, 0.6) is 23.0 Å². The highest BCUT2D eigenvalue weighted by molar-refractivity contribution is 5.39. The van der Waals surface area contributed by atoms with E-state index in [1.807, 2.05) is 57.2 Å². The molecule has 0 atom stereocenters. The van der Waals surface area contributed by atoms with Gasteiger partial charge in [-0.15, -0.1) is 0 Å². The largest absolute Gasteiger partial charge is 0.497 e. The summed E-state index contributed by atoms with van der Waals surface area (Å²) in [6.07, 6.45) is 0. The molecule has 0 saturated heterocycles. The van der Waals surface area contributed by atoms with Crippen LogP contribution in [-0.2, 0) is 0 Å². The summed E-state index contributed by atoms with van der Waals surface area (Å²) in [4.78, 5) is 0. The molecule has 5 heteroatoms. The zero-order valence-electron chi connectivity index (χ0n) is 14.7. The van der Waals surface area contributed by atoms with Crippen molar-refractivity contribution in [3.63, 3.8) is 0 Å². The first kappa shape index (κ1) is 19.6. The predicted molar refractivity (Wildman–Crippen MR) is 94.2 cm³/mol. The van der Waals surface area contributed by atoms with Gasteiger partial charge in [0, 0.05) is 12.1 Å². The first-order valence-corrected chi connectivity index (χ1v) is 7.88. The first-order valence-electron chi connectivity index (χ1n) is 7.88. The van der Waals surface area contributed by atoms with Crippen molar-refractivity contribution in [2.75, 3.05) is 27.1 Å². The van der Waals surface area contributed by atoms with Crippen molar-refractivity contribution in [1.82, 2.24) is 0 Å². The second-order valence-corrected chi connectivity index (χ2v) is 4.75. The Bertz CT molecular complexity index is 577. The van der Waals surface area contributed by atoms with E-state index in [4.69, 9.17) is 24.1 Å². The summed E-state index contributed by atoms with van der Waals surface area (Å²) in [7, 11) is 1.59.